The maximum atomic E-state index is 12.1. The van der Waals surface area contributed by atoms with E-state index in [4.69, 9.17) is 14.2 Å². The number of benzene rings is 2. The van der Waals surface area contributed by atoms with Gasteiger partial charge in [-0.15, -0.1) is 0 Å². The van der Waals surface area contributed by atoms with Crippen LogP contribution in [0.3, 0.4) is 0 Å². The Morgan fingerprint density at radius 2 is 1.77 bits per heavy atom. The zero-order chi connectivity index (χ0) is 19.1. The molecule has 2 aromatic carbocycles. The van der Waals surface area contributed by atoms with Crippen molar-refractivity contribution in [2.75, 3.05) is 19.0 Å². The number of hydrogen-bond acceptors (Lipinski definition) is 5. The predicted octanol–water partition coefficient (Wildman–Crippen LogP) is 3.88. The van der Waals surface area contributed by atoms with Gasteiger partial charge in [-0.1, -0.05) is 0 Å². The minimum atomic E-state index is -0.614. The third-order valence-corrected chi connectivity index (χ3v) is 3.94. The van der Waals surface area contributed by atoms with E-state index in [0.29, 0.717) is 17.2 Å². The highest BCUT2D eigenvalue weighted by Gasteiger charge is 2.14. The van der Waals surface area contributed by atoms with Crippen LogP contribution >= 0.6 is 22.6 Å². The number of anilines is 1. The first-order valence-corrected chi connectivity index (χ1v) is 9.04. The first kappa shape index (κ1) is 20.0. The topological polar surface area (TPSA) is 73.9 Å². The Labute approximate surface area is 166 Å². The van der Waals surface area contributed by atoms with Gasteiger partial charge in [0.25, 0.3) is 5.91 Å². The van der Waals surface area contributed by atoms with E-state index in [9.17, 15) is 9.59 Å². The van der Waals surface area contributed by atoms with Crippen molar-refractivity contribution in [3.8, 4) is 11.5 Å². The molecule has 0 unspecified atom stereocenters. The van der Waals surface area contributed by atoms with E-state index in [1.54, 1.807) is 24.3 Å². The number of halogens is 1. The van der Waals surface area contributed by atoms with Crippen LogP contribution in [0, 0.1) is 3.57 Å². The van der Waals surface area contributed by atoms with Crippen LogP contribution in [0.4, 0.5) is 5.69 Å². The van der Waals surface area contributed by atoms with Crippen LogP contribution in [0.2, 0.25) is 0 Å². The van der Waals surface area contributed by atoms with Gasteiger partial charge in [0, 0.05) is 9.26 Å². The Kier molecular flexibility index (Phi) is 7.26. The fourth-order valence-electron chi connectivity index (χ4n) is 2.09. The van der Waals surface area contributed by atoms with Crippen LogP contribution < -0.4 is 14.8 Å². The zero-order valence-electron chi connectivity index (χ0n) is 14.7. The molecule has 26 heavy (non-hydrogen) atoms. The molecule has 7 heteroatoms. The minimum Gasteiger partial charge on any atom is -0.493 e. The molecule has 0 fully saturated rings. The van der Waals surface area contributed by atoms with Crippen LogP contribution in [-0.4, -0.2) is 31.7 Å². The summed E-state index contributed by atoms with van der Waals surface area (Å²) in [7, 11) is 1.49. The first-order chi connectivity index (χ1) is 12.4. The lowest BCUT2D eigenvalue weighted by Crippen LogP contribution is -2.21. The van der Waals surface area contributed by atoms with Gasteiger partial charge in [0.05, 0.1) is 18.8 Å². The summed E-state index contributed by atoms with van der Waals surface area (Å²) >= 11 is 2.17. The highest BCUT2D eigenvalue weighted by Crippen LogP contribution is 2.29. The summed E-state index contributed by atoms with van der Waals surface area (Å²) in [6, 6.07) is 12.0. The van der Waals surface area contributed by atoms with Crippen molar-refractivity contribution in [1.29, 1.82) is 0 Å². The molecule has 2 rings (SSSR count). The van der Waals surface area contributed by atoms with Gasteiger partial charge < -0.3 is 19.5 Å². The van der Waals surface area contributed by atoms with Crippen molar-refractivity contribution < 1.29 is 23.8 Å². The molecular weight excluding hydrogens is 449 g/mol. The summed E-state index contributed by atoms with van der Waals surface area (Å²) in [4.78, 5) is 24.0. The van der Waals surface area contributed by atoms with E-state index < -0.39 is 11.9 Å². The van der Waals surface area contributed by atoms with Crippen molar-refractivity contribution in [3.63, 3.8) is 0 Å². The maximum Gasteiger partial charge on any atom is 0.338 e. The lowest BCUT2D eigenvalue weighted by atomic mass is 10.2. The molecule has 0 aliphatic heterocycles. The summed E-state index contributed by atoms with van der Waals surface area (Å²) in [5.74, 6) is -0.0598. The second-order valence-electron chi connectivity index (χ2n) is 5.66. The van der Waals surface area contributed by atoms with Gasteiger partial charge >= 0.3 is 5.97 Å². The number of carbonyl (C=O) groups excluding carboxylic acids is 2. The molecule has 0 bridgehead atoms. The second kappa shape index (κ2) is 9.42. The van der Waals surface area contributed by atoms with E-state index >= 15 is 0 Å². The number of rotatable bonds is 7. The number of carbonyl (C=O) groups is 2. The standard InChI is InChI=1S/C19H20INO5/c1-12(2)26-16-9-4-13(10-17(16)24-3)19(23)25-11-18(22)21-15-7-5-14(20)6-8-15/h4-10,12H,11H2,1-3H3,(H,21,22). The summed E-state index contributed by atoms with van der Waals surface area (Å²) < 4.78 is 17.0. The number of esters is 1. The minimum absolute atomic E-state index is 0.0216. The first-order valence-electron chi connectivity index (χ1n) is 7.96. The maximum absolute atomic E-state index is 12.1. The number of nitrogens with one attached hydrogen (secondary N) is 1. The Morgan fingerprint density at radius 1 is 1.08 bits per heavy atom. The molecule has 0 aromatic heterocycles. The summed E-state index contributed by atoms with van der Waals surface area (Å²) in [6.07, 6.45) is -0.0216. The average molecular weight is 469 g/mol. The fourth-order valence-corrected chi connectivity index (χ4v) is 2.45. The van der Waals surface area contributed by atoms with Crippen LogP contribution in [0.15, 0.2) is 42.5 Å². The average Bonchev–Trinajstić information content (AvgIpc) is 2.61. The number of ether oxygens (including phenoxy) is 3. The monoisotopic (exact) mass is 469 g/mol. The summed E-state index contributed by atoms with van der Waals surface area (Å²) in [6.45, 7) is 3.42. The summed E-state index contributed by atoms with van der Waals surface area (Å²) in [5.41, 5.74) is 0.920. The molecule has 2 aromatic rings. The molecule has 0 saturated carbocycles. The van der Waals surface area contributed by atoms with Gasteiger partial charge in [-0.05, 0) is 78.9 Å². The Balaban J connectivity index is 1.94. The fraction of sp³-hybridized carbons (Fsp3) is 0.263. The van der Waals surface area contributed by atoms with Crippen LogP contribution in [0.25, 0.3) is 0 Å². The molecule has 0 radical (unpaired) electrons. The third-order valence-electron chi connectivity index (χ3n) is 3.22. The second-order valence-corrected chi connectivity index (χ2v) is 6.91. The molecule has 1 amide bonds. The molecule has 1 N–H and O–H groups in total. The lowest BCUT2D eigenvalue weighted by molar-refractivity contribution is -0.119. The highest BCUT2D eigenvalue weighted by molar-refractivity contribution is 14.1. The number of hydrogen-bond donors (Lipinski definition) is 1. The lowest BCUT2D eigenvalue weighted by Gasteiger charge is -2.14. The van der Waals surface area contributed by atoms with Crippen LogP contribution in [-0.2, 0) is 9.53 Å². The Morgan fingerprint density at radius 3 is 2.38 bits per heavy atom. The van der Waals surface area contributed by atoms with E-state index in [2.05, 4.69) is 27.9 Å². The third kappa shape index (κ3) is 5.91. The molecular formula is C19H20INO5. The van der Waals surface area contributed by atoms with Gasteiger partial charge in [-0.2, -0.15) is 0 Å². The van der Waals surface area contributed by atoms with E-state index in [0.717, 1.165) is 3.57 Å². The molecule has 0 aliphatic carbocycles. The highest BCUT2D eigenvalue weighted by atomic mass is 127. The van der Waals surface area contributed by atoms with Crippen LogP contribution in [0.5, 0.6) is 11.5 Å². The number of amides is 1. The van der Waals surface area contributed by atoms with Crippen molar-refractivity contribution >= 4 is 40.2 Å². The van der Waals surface area contributed by atoms with Crippen molar-refractivity contribution in [2.45, 2.75) is 20.0 Å². The quantitative estimate of drug-likeness (QED) is 0.492. The largest absolute Gasteiger partial charge is 0.493 e. The van der Waals surface area contributed by atoms with E-state index in [1.807, 2.05) is 26.0 Å². The molecule has 0 saturated heterocycles. The van der Waals surface area contributed by atoms with Crippen LogP contribution in [0.1, 0.15) is 24.2 Å². The molecule has 0 spiro atoms. The van der Waals surface area contributed by atoms with Gasteiger partial charge in [0.1, 0.15) is 0 Å². The molecule has 138 valence electrons. The van der Waals surface area contributed by atoms with Crippen molar-refractivity contribution in [2.24, 2.45) is 0 Å². The molecule has 6 nitrogen and oxygen atoms in total. The number of methoxy groups -OCH3 is 1. The van der Waals surface area contributed by atoms with E-state index in [-0.39, 0.29) is 18.3 Å². The van der Waals surface area contributed by atoms with E-state index in [1.165, 1.54) is 13.2 Å². The smallest absolute Gasteiger partial charge is 0.338 e. The van der Waals surface area contributed by atoms with Crippen molar-refractivity contribution in [3.05, 3.63) is 51.6 Å². The normalized spacial score (nSPS) is 10.3. The van der Waals surface area contributed by atoms with Gasteiger partial charge in [0.15, 0.2) is 18.1 Å². The van der Waals surface area contributed by atoms with Crippen molar-refractivity contribution in [1.82, 2.24) is 0 Å². The van der Waals surface area contributed by atoms with Gasteiger partial charge in [-0.3, -0.25) is 4.79 Å². The van der Waals surface area contributed by atoms with Gasteiger partial charge in [0.2, 0.25) is 0 Å². The Bertz CT molecular complexity index is 774. The SMILES string of the molecule is COc1cc(C(=O)OCC(=O)Nc2ccc(I)cc2)ccc1OC(C)C. The molecule has 0 atom stereocenters. The Hall–Kier alpha value is -2.29. The summed E-state index contributed by atoms with van der Waals surface area (Å²) in [5, 5.41) is 2.67. The molecule has 0 aliphatic rings. The van der Waals surface area contributed by atoms with Gasteiger partial charge in [-0.25, -0.2) is 4.79 Å². The zero-order valence-corrected chi connectivity index (χ0v) is 16.9. The predicted molar refractivity (Wildman–Crippen MR) is 107 cm³/mol. The molecule has 0 heterocycles.